The maximum absolute atomic E-state index is 12.6. The van der Waals surface area contributed by atoms with Crippen LogP contribution >= 0.6 is 0 Å². The van der Waals surface area contributed by atoms with Gasteiger partial charge < -0.3 is 14.8 Å². The third kappa shape index (κ3) is 5.58. The molecule has 0 radical (unpaired) electrons. The number of benzene rings is 2. The summed E-state index contributed by atoms with van der Waals surface area (Å²) in [6, 6.07) is 14.0. The van der Waals surface area contributed by atoms with Crippen molar-refractivity contribution in [2.24, 2.45) is 4.99 Å². The lowest BCUT2D eigenvalue weighted by atomic mass is 9.68. The van der Waals surface area contributed by atoms with Crippen molar-refractivity contribution in [1.82, 2.24) is 10.0 Å². The Kier molecular flexibility index (Phi) is 7.17. The SMILES string of the molecule is COc1cccc2c1C(=NCC1(c3ccccc3)CCC(NC(=O)OCC(F)(F)F)CC1)NS2(=O)=O. The third-order valence-electron chi connectivity index (χ3n) is 6.52. The fraction of sp³-hybridized carbons (Fsp3) is 0.417. The van der Waals surface area contributed by atoms with Gasteiger partial charge in [0.15, 0.2) is 6.61 Å². The number of hydrogen-bond donors (Lipinski definition) is 2. The van der Waals surface area contributed by atoms with Gasteiger partial charge in [-0.1, -0.05) is 36.4 Å². The van der Waals surface area contributed by atoms with Crippen LogP contribution in [-0.2, 0) is 20.2 Å². The van der Waals surface area contributed by atoms with E-state index >= 15 is 0 Å². The minimum Gasteiger partial charge on any atom is -0.496 e. The van der Waals surface area contributed by atoms with E-state index in [4.69, 9.17) is 9.73 Å². The van der Waals surface area contributed by atoms with Crippen molar-refractivity contribution >= 4 is 22.0 Å². The van der Waals surface area contributed by atoms with Gasteiger partial charge in [0.1, 0.15) is 16.5 Å². The van der Waals surface area contributed by atoms with Crippen LogP contribution in [0.1, 0.15) is 36.8 Å². The fourth-order valence-electron chi connectivity index (χ4n) is 4.71. The molecule has 1 saturated carbocycles. The monoisotopic (exact) mass is 525 g/mol. The number of amidine groups is 1. The molecule has 36 heavy (non-hydrogen) atoms. The normalized spacial score (nSPS) is 24.0. The zero-order chi connectivity index (χ0) is 26.0. The van der Waals surface area contributed by atoms with Crippen LogP contribution in [0.25, 0.3) is 0 Å². The Bertz CT molecular complexity index is 1240. The summed E-state index contributed by atoms with van der Waals surface area (Å²) < 4.78 is 74.3. The molecule has 2 N–H and O–H groups in total. The highest BCUT2D eigenvalue weighted by molar-refractivity contribution is 7.90. The molecular formula is C24H26F3N3O5S. The number of aliphatic imine (C=N–C) groups is 1. The van der Waals surface area contributed by atoms with E-state index in [0.29, 0.717) is 37.0 Å². The molecule has 2 aromatic rings. The number of hydrogen-bond acceptors (Lipinski definition) is 6. The molecule has 8 nitrogen and oxygen atoms in total. The molecule has 4 rings (SSSR count). The van der Waals surface area contributed by atoms with Crippen LogP contribution in [0.3, 0.4) is 0 Å². The number of carbonyl (C=O) groups is 1. The molecule has 0 bridgehead atoms. The molecule has 194 valence electrons. The summed E-state index contributed by atoms with van der Waals surface area (Å²) in [7, 11) is -2.31. The van der Waals surface area contributed by atoms with Gasteiger partial charge in [-0.05, 0) is 43.4 Å². The number of nitrogens with zero attached hydrogens (tertiary/aromatic N) is 1. The van der Waals surface area contributed by atoms with Crippen LogP contribution in [0.15, 0.2) is 58.4 Å². The number of rotatable bonds is 6. The first kappa shape index (κ1) is 25.8. The highest BCUT2D eigenvalue weighted by atomic mass is 32.2. The minimum atomic E-state index is -4.59. The molecule has 0 unspecified atom stereocenters. The maximum atomic E-state index is 12.6. The third-order valence-corrected chi connectivity index (χ3v) is 7.90. The second-order valence-corrected chi connectivity index (χ2v) is 10.5. The first-order valence-electron chi connectivity index (χ1n) is 11.3. The second-order valence-electron chi connectivity index (χ2n) is 8.86. The van der Waals surface area contributed by atoms with Gasteiger partial charge in [-0.3, -0.25) is 9.71 Å². The molecule has 2 aromatic carbocycles. The van der Waals surface area contributed by atoms with Gasteiger partial charge in [-0.15, -0.1) is 0 Å². The van der Waals surface area contributed by atoms with Gasteiger partial charge in [0.05, 0.1) is 19.2 Å². The van der Waals surface area contributed by atoms with Crippen molar-refractivity contribution in [3.63, 3.8) is 0 Å². The lowest BCUT2D eigenvalue weighted by molar-refractivity contribution is -0.160. The minimum absolute atomic E-state index is 0.0969. The largest absolute Gasteiger partial charge is 0.496 e. The summed E-state index contributed by atoms with van der Waals surface area (Å²) in [4.78, 5) is 16.6. The van der Waals surface area contributed by atoms with Crippen LogP contribution in [0.4, 0.5) is 18.0 Å². The van der Waals surface area contributed by atoms with Gasteiger partial charge in [0.2, 0.25) is 0 Å². The Morgan fingerprint density at radius 3 is 2.47 bits per heavy atom. The summed E-state index contributed by atoms with van der Waals surface area (Å²) in [6.07, 6.45) is -3.56. The Hall–Kier alpha value is -3.28. The summed E-state index contributed by atoms with van der Waals surface area (Å²) in [5.74, 6) is 0.590. The number of methoxy groups -OCH3 is 1. The van der Waals surface area contributed by atoms with Gasteiger partial charge in [0.25, 0.3) is 10.0 Å². The molecule has 1 fully saturated rings. The lowest BCUT2D eigenvalue weighted by Crippen LogP contribution is -2.44. The molecule has 12 heteroatoms. The standard InChI is InChI=1S/C24H26F3N3O5S/c1-34-18-8-5-9-19-20(18)21(30-36(19,32)33)28-14-23(16-6-3-2-4-7-16)12-10-17(11-13-23)29-22(31)35-15-24(25,26)27/h2-9,17H,10-15H2,1H3,(H,28,30)(H,29,31). The van der Waals surface area contributed by atoms with E-state index in [-0.39, 0.29) is 23.3 Å². The topological polar surface area (TPSA) is 106 Å². The Balaban J connectivity index is 1.54. The number of fused-ring (bicyclic) bond motifs is 1. The Labute approximate surface area is 206 Å². The fourth-order valence-corrected chi connectivity index (χ4v) is 5.97. The number of amides is 1. The average molecular weight is 526 g/mol. The van der Waals surface area contributed by atoms with Crippen molar-refractivity contribution in [1.29, 1.82) is 0 Å². The van der Waals surface area contributed by atoms with Crippen LogP contribution in [0, 0.1) is 0 Å². The number of sulfonamides is 1. The molecular weight excluding hydrogens is 499 g/mol. The molecule has 1 heterocycles. The number of alkyl halides is 3. The number of carbonyl (C=O) groups excluding carboxylic acids is 1. The predicted octanol–water partition coefficient (Wildman–Crippen LogP) is 3.90. The first-order chi connectivity index (χ1) is 17.0. The Morgan fingerprint density at radius 1 is 1.14 bits per heavy atom. The van der Waals surface area contributed by atoms with Crippen molar-refractivity contribution in [2.75, 3.05) is 20.3 Å². The van der Waals surface area contributed by atoms with Crippen LogP contribution < -0.4 is 14.8 Å². The van der Waals surface area contributed by atoms with Crippen molar-refractivity contribution in [2.45, 2.75) is 48.2 Å². The smallest absolute Gasteiger partial charge is 0.422 e. The lowest BCUT2D eigenvalue weighted by Gasteiger charge is -2.40. The van der Waals surface area contributed by atoms with Gasteiger partial charge in [-0.2, -0.15) is 13.2 Å². The first-order valence-corrected chi connectivity index (χ1v) is 12.8. The summed E-state index contributed by atoms with van der Waals surface area (Å²) >= 11 is 0. The van der Waals surface area contributed by atoms with E-state index in [2.05, 4.69) is 14.8 Å². The number of halogens is 3. The predicted molar refractivity (Wildman–Crippen MR) is 126 cm³/mol. The summed E-state index contributed by atoms with van der Waals surface area (Å²) in [5, 5.41) is 2.51. The molecule has 0 aromatic heterocycles. The van der Waals surface area contributed by atoms with E-state index < -0.39 is 34.3 Å². The van der Waals surface area contributed by atoms with Crippen molar-refractivity contribution < 1.29 is 35.9 Å². The van der Waals surface area contributed by atoms with Gasteiger partial charge in [0, 0.05) is 11.5 Å². The molecule has 0 spiro atoms. The van der Waals surface area contributed by atoms with Gasteiger partial charge >= 0.3 is 12.3 Å². The van der Waals surface area contributed by atoms with Crippen molar-refractivity contribution in [3.05, 3.63) is 59.7 Å². The number of ether oxygens (including phenoxy) is 2. The van der Waals surface area contributed by atoms with E-state index in [1.54, 1.807) is 12.1 Å². The van der Waals surface area contributed by atoms with E-state index in [1.165, 1.54) is 13.2 Å². The van der Waals surface area contributed by atoms with Gasteiger partial charge in [-0.25, -0.2) is 13.2 Å². The number of alkyl carbamates (subject to hydrolysis) is 1. The zero-order valence-electron chi connectivity index (χ0n) is 19.5. The van der Waals surface area contributed by atoms with Crippen LogP contribution in [0.5, 0.6) is 5.75 Å². The van der Waals surface area contributed by atoms with E-state index in [1.807, 2.05) is 30.3 Å². The Morgan fingerprint density at radius 2 is 1.83 bits per heavy atom. The van der Waals surface area contributed by atoms with Crippen molar-refractivity contribution in [3.8, 4) is 5.75 Å². The van der Waals surface area contributed by atoms with Crippen LogP contribution in [0.2, 0.25) is 0 Å². The molecule has 1 aliphatic heterocycles. The van der Waals surface area contributed by atoms with Crippen LogP contribution in [-0.4, -0.2) is 52.8 Å². The summed E-state index contributed by atoms with van der Waals surface area (Å²) in [6.45, 7) is -1.38. The summed E-state index contributed by atoms with van der Waals surface area (Å²) in [5.41, 5.74) is 0.929. The molecule has 1 amide bonds. The average Bonchev–Trinajstić information content (AvgIpc) is 3.13. The highest BCUT2D eigenvalue weighted by Gasteiger charge is 2.39. The van der Waals surface area contributed by atoms with E-state index in [9.17, 15) is 26.4 Å². The highest BCUT2D eigenvalue weighted by Crippen LogP contribution is 2.40. The molecule has 2 aliphatic rings. The second kappa shape index (κ2) is 10.00. The molecule has 1 aliphatic carbocycles. The maximum Gasteiger partial charge on any atom is 0.422 e. The van der Waals surface area contributed by atoms with E-state index in [0.717, 1.165) is 5.56 Å². The zero-order valence-corrected chi connectivity index (χ0v) is 20.3. The quantitative estimate of drug-likeness (QED) is 0.595. The molecule has 0 atom stereocenters. The molecule has 0 saturated heterocycles. The number of nitrogens with one attached hydrogen (secondary N) is 2.